The predicted molar refractivity (Wildman–Crippen MR) is 104 cm³/mol. The zero-order chi connectivity index (χ0) is 18.5. The fourth-order valence-corrected chi connectivity index (χ4v) is 4.50. The fourth-order valence-electron chi connectivity index (χ4n) is 4.50. The number of fused-ring (bicyclic) bond motifs is 7. The molecular weight excluding hydrogens is 338 g/mol. The number of carbonyl (C=O) groups is 2. The molecule has 27 heavy (non-hydrogen) atoms. The van der Waals surface area contributed by atoms with E-state index in [0.29, 0.717) is 18.5 Å². The molecule has 2 aliphatic rings. The zero-order valence-electron chi connectivity index (χ0n) is 15.2. The quantitative estimate of drug-likeness (QED) is 0.754. The number of rotatable bonds is 3. The van der Waals surface area contributed by atoms with Crippen LogP contribution in [0.25, 0.3) is 10.9 Å². The molecule has 0 unspecified atom stereocenters. The summed E-state index contributed by atoms with van der Waals surface area (Å²) in [6, 6.07) is 15.1. The fraction of sp³-hybridized carbons (Fsp3) is 0.273. The lowest BCUT2D eigenvalue weighted by molar-refractivity contribution is -0.126. The molecule has 2 aliphatic heterocycles. The molecule has 0 bridgehead atoms. The Balaban J connectivity index is 1.71. The van der Waals surface area contributed by atoms with Crippen LogP contribution in [0.5, 0.6) is 0 Å². The Morgan fingerprint density at radius 1 is 1.19 bits per heavy atom. The van der Waals surface area contributed by atoms with Gasteiger partial charge in [-0.15, -0.1) is 0 Å². The topological polar surface area (TPSA) is 65.2 Å². The average molecular weight is 359 g/mol. The molecule has 0 saturated heterocycles. The van der Waals surface area contributed by atoms with Gasteiger partial charge >= 0.3 is 0 Å². The van der Waals surface area contributed by atoms with E-state index in [1.54, 1.807) is 4.90 Å². The summed E-state index contributed by atoms with van der Waals surface area (Å²) in [5, 5.41) is 4.13. The molecule has 3 heterocycles. The van der Waals surface area contributed by atoms with Crippen molar-refractivity contribution in [3.8, 4) is 0 Å². The van der Waals surface area contributed by atoms with Gasteiger partial charge in [-0.1, -0.05) is 43.3 Å². The maximum atomic E-state index is 13.2. The summed E-state index contributed by atoms with van der Waals surface area (Å²) >= 11 is 0. The Hall–Kier alpha value is -3.08. The summed E-state index contributed by atoms with van der Waals surface area (Å²) in [6.45, 7) is 2.65. The highest BCUT2D eigenvalue weighted by molar-refractivity contribution is 6.03. The number of hydrogen-bond acceptors (Lipinski definition) is 2. The molecule has 2 aromatic carbocycles. The first kappa shape index (κ1) is 16.1. The number of carbonyl (C=O) groups excluding carboxylic acids is 2. The third kappa shape index (κ3) is 2.24. The molecule has 2 N–H and O–H groups in total. The van der Waals surface area contributed by atoms with E-state index in [4.69, 9.17) is 0 Å². The molecule has 5 rings (SSSR count). The number of nitrogens with one attached hydrogen (secondary N) is 2. The van der Waals surface area contributed by atoms with Crippen LogP contribution in [0.4, 0.5) is 0 Å². The van der Waals surface area contributed by atoms with E-state index in [9.17, 15) is 9.59 Å². The molecule has 1 aromatic heterocycles. The number of amides is 2. The lowest BCUT2D eigenvalue weighted by atomic mass is 9.90. The number of para-hydroxylation sites is 1. The largest absolute Gasteiger partial charge is 0.356 e. The van der Waals surface area contributed by atoms with E-state index < -0.39 is 6.04 Å². The minimum Gasteiger partial charge on any atom is -0.356 e. The van der Waals surface area contributed by atoms with Gasteiger partial charge in [-0.3, -0.25) is 9.59 Å². The summed E-state index contributed by atoms with van der Waals surface area (Å²) in [5.41, 5.74) is 4.90. The van der Waals surface area contributed by atoms with Crippen LogP contribution in [-0.4, -0.2) is 34.3 Å². The Bertz CT molecular complexity index is 1070. The number of hydrogen-bond donors (Lipinski definition) is 2. The molecule has 2 atom stereocenters. The molecular formula is C22H21N3O2. The molecule has 5 heteroatoms. The van der Waals surface area contributed by atoms with Gasteiger partial charge in [0, 0.05) is 35.1 Å². The maximum Gasteiger partial charge on any atom is 0.255 e. The number of aromatic amines is 1. The van der Waals surface area contributed by atoms with Gasteiger partial charge < -0.3 is 15.2 Å². The first-order chi connectivity index (χ1) is 13.2. The van der Waals surface area contributed by atoms with Gasteiger partial charge in [0.2, 0.25) is 5.91 Å². The molecule has 0 aliphatic carbocycles. The van der Waals surface area contributed by atoms with E-state index in [-0.39, 0.29) is 17.9 Å². The molecule has 0 spiro atoms. The Labute approximate surface area is 157 Å². The van der Waals surface area contributed by atoms with Crippen LogP contribution in [0.2, 0.25) is 0 Å². The van der Waals surface area contributed by atoms with Crippen LogP contribution in [0.15, 0.2) is 48.5 Å². The molecule has 0 saturated carbocycles. The normalized spacial score (nSPS) is 20.3. The summed E-state index contributed by atoms with van der Waals surface area (Å²) in [5.74, 6) is -0.129. The molecule has 136 valence electrons. The van der Waals surface area contributed by atoms with Crippen molar-refractivity contribution in [2.45, 2.75) is 31.8 Å². The third-order valence-electron chi connectivity index (χ3n) is 5.70. The Morgan fingerprint density at radius 3 is 2.81 bits per heavy atom. The molecule has 0 radical (unpaired) electrons. The van der Waals surface area contributed by atoms with Gasteiger partial charge in [0.1, 0.15) is 6.04 Å². The van der Waals surface area contributed by atoms with Crippen LogP contribution in [0.1, 0.15) is 46.6 Å². The monoisotopic (exact) mass is 359 g/mol. The first-order valence-electron chi connectivity index (χ1n) is 9.49. The summed E-state index contributed by atoms with van der Waals surface area (Å²) < 4.78 is 0. The van der Waals surface area contributed by atoms with E-state index in [1.807, 2.05) is 49.4 Å². The second-order valence-corrected chi connectivity index (χ2v) is 7.28. The maximum absolute atomic E-state index is 13.2. The van der Waals surface area contributed by atoms with E-state index in [0.717, 1.165) is 34.1 Å². The van der Waals surface area contributed by atoms with Crippen molar-refractivity contribution in [1.29, 1.82) is 0 Å². The van der Waals surface area contributed by atoms with Gasteiger partial charge in [0.15, 0.2) is 0 Å². The minimum absolute atomic E-state index is 0.0587. The van der Waals surface area contributed by atoms with Gasteiger partial charge in [0.25, 0.3) is 5.91 Å². The predicted octanol–water partition coefficient (Wildman–Crippen LogP) is 3.16. The first-order valence-corrected chi connectivity index (χ1v) is 9.49. The third-order valence-corrected chi connectivity index (χ3v) is 5.70. The average Bonchev–Trinajstić information content (AvgIpc) is 3.22. The number of nitrogens with zero attached hydrogens (tertiary/aromatic N) is 1. The van der Waals surface area contributed by atoms with Crippen molar-refractivity contribution in [2.75, 3.05) is 6.54 Å². The number of aromatic nitrogens is 1. The molecule has 2 amide bonds. The zero-order valence-corrected chi connectivity index (χ0v) is 15.2. The Morgan fingerprint density at radius 2 is 1.96 bits per heavy atom. The SMILES string of the molecule is CCCNC(=O)[C@@H]1Cc2c([nH]c3ccccc23)[C@H]2c3ccccc3C(=O)N21. The summed E-state index contributed by atoms with van der Waals surface area (Å²) in [4.78, 5) is 31.4. The van der Waals surface area contributed by atoms with E-state index in [2.05, 4.69) is 16.4 Å². The highest BCUT2D eigenvalue weighted by Crippen LogP contribution is 2.46. The summed E-state index contributed by atoms with van der Waals surface area (Å²) in [7, 11) is 0. The van der Waals surface area contributed by atoms with Gasteiger partial charge in [-0.25, -0.2) is 0 Å². The van der Waals surface area contributed by atoms with Gasteiger partial charge in [0.05, 0.1) is 6.04 Å². The van der Waals surface area contributed by atoms with Crippen LogP contribution in [0.3, 0.4) is 0 Å². The van der Waals surface area contributed by atoms with Crippen LogP contribution in [0, 0.1) is 0 Å². The van der Waals surface area contributed by atoms with Crippen LogP contribution >= 0.6 is 0 Å². The number of benzene rings is 2. The van der Waals surface area contributed by atoms with Crippen LogP contribution < -0.4 is 5.32 Å². The highest BCUT2D eigenvalue weighted by Gasteiger charge is 2.48. The standard InChI is InChI=1S/C22H21N3O2/c1-2-11-23-21(26)18-12-16-13-7-5-6-10-17(13)24-19(16)20-14-8-3-4-9-15(14)22(27)25(18)20/h3-10,18,20,24H,2,11-12H2,1H3,(H,23,26)/t18-,20+/m0/s1. The second-order valence-electron chi connectivity index (χ2n) is 7.28. The lowest BCUT2D eigenvalue weighted by Crippen LogP contribution is -2.52. The second kappa shape index (κ2) is 5.98. The molecule has 0 fully saturated rings. The number of H-pyrrole nitrogens is 1. The van der Waals surface area contributed by atoms with Crippen molar-refractivity contribution < 1.29 is 9.59 Å². The summed E-state index contributed by atoms with van der Waals surface area (Å²) in [6.07, 6.45) is 1.40. The van der Waals surface area contributed by atoms with Crippen LogP contribution in [-0.2, 0) is 11.2 Å². The molecule has 3 aromatic rings. The van der Waals surface area contributed by atoms with Gasteiger partial charge in [-0.05, 0) is 29.7 Å². The Kier molecular flexibility index (Phi) is 3.57. The molecule has 5 nitrogen and oxygen atoms in total. The smallest absolute Gasteiger partial charge is 0.255 e. The van der Waals surface area contributed by atoms with Crippen molar-refractivity contribution in [3.05, 3.63) is 70.9 Å². The lowest BCUT2D eigenvalue weighted by Gasteiger charge is -2.37. The highest BCUT2D eigenvalue weighted by atomic mass is 16.2. The van der Waals surface area contributed by atoms with Gasteiger partial charge in [-0.2, -0.15) is 0 Å². The van der Waals surface area contributed by atoms with Crippen molar-refractivity contribution >= 4 is 22.7 Å². The van der Waals surface area contributed by atoms with Crippen molar-refractivity contribution in [3.63, 3.8) is 0 Å². The van der Waals surface area contributed by atoms with E-state index in [1.165, 1.54) is 0 Å². The van der Waals surface area contributed by atoms with Crippen molar-refractivity contribution in [2.24, 2.45) is 0 Å². The van der Waals surface area contributed by atoms with E-state index >= 15 is 0 Å². The minimum atomic E-state index is -0.492. The van der Waals surface area contributed by atoms with Crippen molar-refractivity contribution in [1.82, 2.24) is 15.2 Å².